The van der Waals surface area contributed by atoms with Gasteiger partial charge in [-0.05, 0) is 43.9 Å². The summed E-state index contributed by atoms with van der Waals surface area (Å²) < 4.78 is 40.6. The molecule has 0 saturated heterocycles. The fraction of sp³-hybridized carbons (Fsp3) is 0.375. The highest BCUT2D eigenvalue weighted by atomic mass is 35.5. The maximum Gasteiger partial charge on any atom is 0.435 e. The maximum absolute atomic E-state index is 13.2. The number of carbonyl (C=O) groups excluding carboxylic acids is 1. The molecular weight excluding hydrogens is 378 g/mol. The summed E-state index contributed by atoms with van der Waals surface area (Å²) in [6.45, 7) is -0.308. The monoisotopic (exact) mass is 391 g/mol. The smallest absolute Gasteiger partial charge is 0.323 e. The first-order valence-corrected chi connectivity index (χ1v) is 8.42. The van der Waals surface area contributed by atoms with Crippen LogP contribution in [0.4, 0.5) is 18.9 Å². The lowest BCUT2D eigenvalue weighted by Crippen LogP contribution is -2.22. The van der Waals surface area contributed by atoms with Crippen LogP contribution in [-0.4, -0.2) is 15.7 Å². The van der Waals surface area contributed by atoms with Gasteiger partial charge in [-0.3, -0.25) is 9.48 Å². The normalized spacial score (nSPS) is 14.3. The average molecular weight is 392 g/mol. The van der Waals surface area contributed by atoms with Gasteiger partial charge in [-0.15, -0.1) is 0 Å². The Morgan fingerprint density at radius 2 is 1.96 bits per heavy atom. The lowest BCUT2D eigenvalue weighted by Gasteiger charge is -2.15. The van der Waals surface area contributed by atoms with Crippen LogP contribution in [0.25, 0.3) is 0 Å². The van der Waals surface area contributed by atoms with E-state index in [0.717, 1.165) is 11.1 Å². The molecule has 1 aromatic heterocycles. The number of aromatic nitrogens is 2. The number of hydrogen-bond donors (Lipinski definition) is 1. The van der Waals surface area contributed by atoms with Gasteiger partial charge in [0.2, 0.25) is 5.91 Å². The van der Waals surface area contributed by atoms with Crippen molar-refractivity contribution in [1.29, 1.82) is 0 Å². The molecule has 0 spiro atoms. The molecule has 9 heteroatoms. The Balaban J connectivity index is 1.83. The third-order valence-corrected chi connectivity index (χ3v) is 4.57. The Bertz CT molecular complexity index is 818. The Kier molecular flexibility index (Phi) is 4.97. The summed E-state index contributed by atoms with van der Waals surface area (Å²) in [4.78, 5) is 12.2. The summed E-state index contributed by atoms with van der Waals surface area (Å²) in [5, 5.41) is 6.89. The molecule has 0 bridgehead atoms. The molecule has 25 heavy (non-hydrogen) atoms. The second-order valence-electron chi connectivity index (χ2n) is 5.81. The molecule has 0 aliphatic heterocycles. The van der Waals surface area contributed by atoms with Crippen molar-refractivity contribution in [2.45, 2.75) is 38.4 Å². The molecule has 1 heterocycles. The highest BCUT2D eigenvalue weighted by Crippen LogP contribution is 2.35. The van der Waals surface area contributed by atoms with Crippen molar-refractivity contribution >= 4 is 34.8 Å². The molecular formula is C16H14Cl2F3N3O. The molecule has 0 atom stereocenters. The number of nitrogens with one attached hydrogen (secondary N) is 1. The van der Waals surface area contributed by atoms with Gasteiger partial charge in [0.15, 0.2) is 5.69 Å². The number of hydrogen-bond acceptors (Lipinski definition) is 2. The number of carbonyl (C=O) groups is 1. The predicted octanol–water partition coefficient (Wildman–Crippen LogP) is 4.73. The van der Waals surface area contributed by atoms with Crippen molar-refractivity contribution in [3.63, 3.8) is 0 Å². The van der Waals surface area contributed by atoms with Crippen LogP contribution < -0.4 is 5.32 Å². The van der Waals surface area contributed by atoms with Crippen LogP contribution in [-0.2, 0) is 30.4 Å². The van der Waals surface area contributed by atoms with Crippen LogP contribution in [0.2, 0.25) is 10.0 Å². The van der Waals surface area contributed by atoms with Gasteiger partial charge in [-0.1, -0.05) is 23.2 Å². The quantitative estimate of drug-likeness (QED) is 0.822. The van der Waals surface area contributed by atoms with Gasteiger partial charge in [-0.25, -0.2) is 0 Å². The highest BCUT2D eigenvalue weighted by Gasteiger charge is 2.39. The van der Waals surface area contributed by atoms with Crippen molar-refractivity contribution in [1.82, 2.24) is 9.78 Å². The zero-order valence-electron chi connectivity index (χ0n) is 13.0. The minimum Gasteiger partial charge on any atom is -0.323 e. The molecule has 2 aromatic rings. The van der Waals surface area contributed by atoms with Crippen LogP contribution in [0.5, 0.6) is 0 Å². The summed E-state index contributed by atoms with van der Waals surface area (Å²) in [6, 6.07) is 4.55. The molecule has 1 aliphatic rings. The first-order chi connectivity index (χ1) is 11.8. The number of rotatable bonds is 3. The summed E-state index contributed by atoms with van der Waals surface area (Å²) in [7, 11) is 0. The minimum atomic E-state index is -4.53. The third kappa shape index (κ3) is 3.93. The van der Waals surface area contributed by atoms with E-state index in [1.54, 1.807) is 6.07 Å². The zero-order chi connectivity index (χ0) is 18.2. The van der Waals surface area contributed by atoms with Crippen LogP contribution in [0.1, 0.15) is 29.8 Å². The largest absolute Gasteiger partial charge is 0.435 e. The van der Waals surface area contributed by atoms with Crippen molar-refractivity contribution < 1.29 is 18.0 Å². The van der Waals surface area contributed by atoms with Crippen molar-refractivity contribution in [3.05, 3.63) is 45.2 Å². The molecule has 1 aliphatic carbocycles. The Morgan fingerprint density at radius 3 is 2.64 bits per heavy atom. The molecule has 4 nitrogen and oxygen atoms in total. The van der Waals surface area contributed by atoms with E-state index in [1.807, 2.05) is 0 Å². The van der Waals surface area contributed by atoms with Gasteiger partial charge in [-0.2, -0.15) is 18.3 Å². The third-order valence-electron chi connectivity index (χ3n) is 4.02. The molecule has 0 radical (unpaired) electrons. The molecule has 1 aromatic carbocycles. The van der Waals surface area contributed by atoms with Crippen LogP contribution in [0.15, 0.2) is 18.2 Å². The van der Waals surface area contributed by atoms with Crippen LogP contribution in [0.3, 0.4) is 0 Å². The average Bonchev–Trinajstić information content (AvgIpc) is 2.89. The van der Waals surface area contributed by atoms with E-state index in [4.69, 9.17) is 23.2 Å². The van der Waals surface area contributed by atoms with E-state index in [1.165, 1.54) is 12.1 Å². The van der Waals surface area contributed by atoms with E-state index in [9.17, 15) is 18.0 Å². The van der Waals surface area contributed by atoms with Crippen LogP contribution >= 0.6 is 23.2 Å². The number of nitrogens with zero attached hydrogens (tertiary/aromatic N) is 2. The van der Waals surface area contributed by atoms with Crippen molar-refractivity contribution in [2.24, 2.45) is 0 Å². The summed E-state index contributed by atoms with van der Waals surface area (Å²) in [6.07, 6.45) is -2.25. The highest BCUT2D eigenvalue weighted by molar-refractivity contribution is 6.36. The summed E-state index contributed by atoms with van der Waals surface area (Å²) >= 11 is 11.8. The summed E-state index contributed by atoms with van der Waals surface area (Å²) in [5.74, 6) is -0.506. The van der Waals surface area contributed by atoms with E-state index >= 15 is 0 Å². The standard InChI is InChI=1S/C16H14Cl2F3N3O/c17-9-5-6-12(11(18)7-9)22-14(25)8-24-13-4-2-1-3-10(13)15(23-24)16(19,20)21/h5-7H,1-4,8H2,(H,22,25). The molecule has 0 unspecified atom stereocenters. The molecule has 1 N–H and O–H groups in total. The first kappa shape index (κ1) is 18.1. The number of alkyl halides is 3. The maximum atomic E-state index is 13.2. The molecule has 134 valence electrons. The van der Waals surface area contributed by atoms with Gasteiger partial charge in [0.1, 0.15) is 6.54 Å². The number of amides is 1. The Hall–Kier alpha value is -1.73. The van der Waals surface area contributed by atoms with Crippen molar-refractivity contribution in [3.8, 4) is 0 Å². The molecule has 1 amide bonds. The van der Waals surface area contributed by atoms with Gasteiger partial charge in [0.05, 0.1) is 10.7 Å². The van der Waals surface area contributed by atoms with Gasteiger partial charge < -0.3 is 5.32 Å². The van der Waals surface area contributed by atoms with E-state index in [2.05, 4.69) is 10.4 Å². The van der Waals surface area contributed by atoms with E-state index in [-0.39, 0.29) is 17.1 Å². The van der Waals surface area contributed by atoms with Gasteiger partial charge in [0.25, 0.3) is 0 Å². The SMILES string of the molecule is O=C(Cn1nc(C(F)(F)F)c2c1CCCC2)Nc1ccc(Cl)cc1Cl. The first-order valence-electron chi connectivity index (χ1n) is 7.66. The van der Waals surface area contributed by atoms with Gasteiger partial charge in [0, 0.05) is 16.3 Å². The number of benzene rings is 1. The lowest BCUT2D eigenvalue weighted by atomic mass is 9.95. The second kappa shape index (κ2) is 6.88. The van der Waals surface area contributed by atoms with Crippen LogP contribution in [0, 0.1) is 0 Å². The summed E-state index contributed by atoms with van der Waals surface area (Å²) in [5.41, 5.74) is 0.139. The molecule has 0 saturated carbocycles. The Morgan fingerprint density at radius 1 is 1.24 bits per heavy atom. The molecule has 3 rings (SSSR count). The number of halogens is 5. The lowest BCUT2D eigenvalue weighted by molar-refractivity contribution is -0.142. The number of fused-ring (bicyclic) bond motifs is 1. The predicted molar refractivity (Wildman–Crippen MR) is 89.0 cm³/mol. The van der Waals surface area contributed by atoms with Crippen molar-refractivity contribution in [2.75, 3.05) is 5.32 Å². The van der Waals surface area contributed by atoms with Gasteiger partial charge >= 0.3 is 6.18 Å². The Labute approximate surface area is 151 Å². The topological polar surface area (TPSA) is 46.9 Å². The zero-order valence-corrected chi connectivity index (χ0v) is 14.5. The fourth-order valence-corrected chi connectivity index (χ4v) is 3.40. The fourth-order valence-electron chi connectivity index (χ4n) is 2.95. The second-order valence-corrected chi connectivity index (χ2v) is 6.65. The van der Waals surface area contributed by atoms with E-state index < -0.39 is 17.8 Å². The minimum absolute atomic E-state index is 0.205. The number of anilines is 1. The molecule has 0 fully saturated rings. The van der Waals surface area contributed by atoms with E-state index in [0.29, 0.717) is 35.7 Å².